The van der Waals surface area contributed by atoms with Crippen LogP contribution in [0.2, 0.25) is 0 Å². The number of rotatable bonds is 5. The van der Waals surface area contributed by atoms with E-state index >= 15 is 0 Å². The molecule has 21 heavy (non-hydrogen) atoms. The second-order valence-electron chi connectivity index (χ2n) is 5.57. The van der Waals surface area contributed by atoms with Crippen LogP contribution in [0.1, 0.15) is 19.0 Å². The van der Waals surface area contributed by atoms with Crippen molar-refractivity contribution >= 4 is 17.1 Å². The molecule has 1 saturated heterocycles. The summed E-state index contributed by atoms with van der Waals surface area (Å²) in [5, 5.41) is 4.58. The first-order chi connectivity index (χ1) is 10.2. The molecule has 0 bridgehead atoms. The van der Waals surface area contributed by atoms with Gasteiger partial charge < -0.3 is 10.5 Å². The number of anilines is 1. The van der Waals surface area contributed by atoms with Crippen molar-refractivity contribution in [3.63, 3.8) is 0 Å². The summed E-state index contributed by atoms with van der Waals surface area (Å²) in [5.74, 6) is 0.587. The maximum atomic E-state index is 6.11. The van der Waals surface area contributed by atoms with Gasteiger partial charge in [0.1, 0.15) is 5.52 Å². The third kappa shape index (κ3) is 2.75. The molecular weight excluding hydrogens is 268 g/mol. The van der Waals surface area contributed by atoms with E-state index in [2.05, 4.69) is 26.5 Å². The summed E-state index contributed by atoms with van der Waals surface area (Å²) in [7, 11) is 1.97. The summed E-state index contributed by atoms with van der Waals surface area (Å²) < 4.78 is 9.37. The molecule has 2 aromatic rings. The third-order valence-corrected chi connectivity index (χ3v) is 4.05. The number of aromatic nitrogens is 4. The molecule has 0 aliphatic carbocycles. The minimum atomic E-state index is 0.587. The van der Waals surface area contributed by atoms with Gasteiger partial charge >= 0.3 is 0 Å². The molecule has 0 atom stereocenters. The third-order valence-electron chi connectivity index (χ3n) is 4.05. The van der Waals surface area contributed by atoms with E-state index in [1.165, 1.54) is 0 Å². The van der Waals surface area contributed by atoms with Gasteiger partial charge in [0.15, 0.2) is 5.65 Å². The van der Waals surface area contributed by atoms with Crippen molar-refractivity contribution in [1.29, 1.82) is 0 Å². The summed E-state index contributed by atoms with van der Waals surface area (Å²) in [6.45, 7) is 7.58. The Morgan fingerprint density at radius 3 is 2.71 bits per heavy atom. The Hall–Kier alpha value is -1.60. The Labute approximate surface area is 124 Å². The van der Waals surface area contributed by atoms with Gasteiger partial charge in [-0.05, 0) is 6.42 Å². The standard InChI is InChI=1S/C14H24N6O/c1-3-4-11-12-13(18(2)17-11)20(14(15)16-12)6-5-19-7-9-21-10-8-19/h3-10H2,1-2H3,(H2,15,16). The number of fused-ring (bicyclic) bond motifs is 1. The highest BCUT2D eigenvalue weighted by Gasteiger charge is 2.18. The zero-order valence-electron chi connectivity index (χ0n) is 12.9. The van der Waals surface area contributed by atoms with Gasteiger partial charge in [0.05, 0.1) is 18.9 Å². The Balaban J connectivity index is 1.82. The first-order valence-electron chi connectivity index (χ1n) is 7.68. The molecular formula is C14H24N6O. The number of nitrogens with two attached hydrogens (primary N) is 1. The quantitative estimate of drug-likeness (QED) is 0.875. The van der Waals surface area contributed by atoms with E-state index in [4.69, 9.17) is 10.5 Å². The molecule has 0 aromatic carbocycles. The van der Waals surface area contributed by atoms with Crippen LogP contribution in [0.15, 0.2) is 0 Å². The molecule has 7 heteroatoms. The van der Waals surface area contributed by atoms with Crippen LogP contribution in [-0.4, -0.2) is 57.1 Å². The number of hydrogen-bond donors (Lipinski definition) is 1. The minimum absolute atomic E-state index is 0.587. The van der Waals surface area contributed by atoms with Gasteiger partial charge in [-0.25, -0.2) is 4.98 Å². The highest BCUT2D eigenvalue weighted by molar-refractivity contribution is 5.77. The highest BCUT2D eigenvalue weighted by atomic mass is 16.5. The largest absolute Gasteiger partial charge is 0.379 e. The maximum absolute atomic E-state index is 6.11. The van der Waals surface area contributed by atoms with Gasteiger partial charge in [-0.2, -0.15) is 5.10 Å². The SMILES string of the molecule is CCCc1nn(C)c2c1nc(N)n2CCN1CCOCC1. The van der Waals surface area contributed by atoms with E-state index in [0.717, 1.165) is 69.1 Å². The van der Waals surface area contributed by atoms with Crippen molar-refractivity contribution in [2.45, 2.75) is 26.3 Å². The molecule has 0 spiro atoms. The smallest absolute Gasteiger partial charge is 0.202 e. The molecule has 3 rings (SSSR count). The Morgan fingerprint density at radius 1 is 1.24 bits per heavy atom. The summed E-state index contributed by atoms with van der Waals surface area (Å²) in [4.78, 5) is 6.93. The lowest BCUT2D eigenvalue weighted by atomic mass is 10.2. The van der Waals surface area contributed by atoms with Crippen molar-refractivity contribution < 1.29 is 4.74 Å². The van der Waals surface area contributed by atoms with E-state index in [9.17, 15) is 0 Å². The number of nitrogen functional groups attached to an aromatic ring is 1. The van der Waals surface area contributed by atoms with Crippen LogP contribution in [0.3, 0.4) is 0 Å². The van der Waals surface area contributed by atoms with Gasteiger partial charge in [0, 0.05) is 33.2 Å². The zero-order chi connectivity index (χ0) is 14.8. The van der Waals surface area contributed by atoms with Gasteiger partial charge in [-0.1, -0.05) is 13.3 Å². The molecule has 7 nitrogen and oxygen atoms in total. The average molecular weight is 292 g/mol. The predicted molar refractivity (Wildman–Crippen MR) is 82.2 cm³/mol. The molecule has 0 unspecified atom stereocenters. The van der Waals surface area contributed by atoms with Crippen molar-refractivity contribution in [3.05, 3.63) is 5.69 Å². The molecule has 1 aliphatic rings. The van der Waals surface area contributed by atoms with Gasteiger partial charge in [0.2, 0.25) is 5.95 Å². The fourth-order valence-corrected chi connectivity index (χ4v) is 2.95. The average Bonchev–Trinajstić information content (AvgIpc) is 2.96. The number of hydrogen-bond acceptors (Lipinski definition) is 5. The molecule has 2 aromatic heterocycles. The number of nitrogens with zero attached hydrogens (tertiary/aromatic N) is 5. The van der Waals surface area contributed by atoms with Crippen molar-refractivity contribution in [2.75, 3.05) is 38.6 Å². The van der Waals surface area contributed by atoms with Crippen LogP contribution in [-0.2, 0) is 24.8 Å². The molecule has 3 heterocycles. The fourth-order valence-electron chi connectivity index (χ4n) is 2.95. The summed E-state index contributed by atoms with van der Waals surface area (Å²) in [5.41, 5.74) is 9.15. The Bertz CT molecular complexity index is 611. The number of aryl methyl sites for hydroxylation is 2. The van der Waals surface area contributed by atoms with Crippen LogP contribution in [0, 0.1) is 0 Å². The monoisotopic (exact) mass is 292 g/mol. The minimum Gasteiger partial charge on any atom is -0.379 e. The fraction of sp³-hybridized carbons (Fsp3) is 0.714. The first-order valence-corrected chi connectivity index (χ1v) is 7.68. The number of imidazole rings is 1. The molecule has 0 saturated carbocycles. The van der Waals surface area contributed by atoms with E-state index < -0.39 is 0 Å². The van der Waals surface area contributed by atoms with Crippen molar-refractivity contribution in [1.82, 2.24) is 24.2 Å². The second kappa shape index (κ2) is 6.03. The van der Waals surface area contributed by atoms with Gasteiger partial charge in [0.25, 0.3) is 0 Å². The topological polar surface area (TPSA) is 74.1 Å². The maximum Gasteiger partial charge on any atom is 0.202 e. The second-order valence-corrected chi connectivity index (χ2v) is 5.57. The van der Waals surface area contributed by atoms with E-state index in [0.29, 0.717) is 5.95 Å². The number of ether oxygens (including phenoxy) is 1. The molecule has 1 aliphatic heterocycles. The molecule has 2 N–H and O–H groups in total. The molecule has 116 valence electrons. The summed E-state index contributed by atoms with van der Waals surface area (Å²) in [6, 6.07) is 0. The Morgan fingerprint density at radius 2 is 2.00 bits per heavy atom. The zero-order valence-corrected chi connectivity index (χ0v) is 12.9. The van der Waals surface area contributed by atoms with Crippen LogP contribution in [0.5, 0.6) is 0 Å². The molecule has 0 amide bonds. The van der Waals surface area contributed by atoms with Crippen LogP contribution in [0.25, 0.3) is 11.2 Å². The lowest BCUT2D eigenvalue weighted by Crippen LogP contribution is -2.38. The van der Waals surface area contributed by atoms with E-state index in [1.807, 2.05) is 11.7 Å². The Kier molecular flexibility index (Phi) is 4.12. The number of morpholine rings is 1. The van der Waals surface area contributed by atoms with Crippen LogP contribution < -0.4 is 5.73 Å². The lowest BCUT2D eigenvalue weighted by Gasteiger charge is -2.26. The van der Waals surface area contributed by atoms with Crippen molar-refractivity contribution in [3.8, 4) is 0 Å². The molecule has 0 radical (unpaired) electrons. The van der Waals surface area contributed by atoms with Gasteiger partial charge in [-0.3, -0.25) is 14.1 Å². The lowest BCUT2D eigenvalue weighted by molar-refractivity contribution is 0.0365. The highest BCUT2D eigenvalue weighted by Crippen LogP contribution is 2.21. The van der Waals surface area contributed by atoms with Crippen molar-refractivity contribution in [2.24, 2.45) is 7.05 Å². The van der Waals surface area contributed by atoms with E-state index in [1.54, 1.807) is 0 Å². The summed E-state index contributed by atoms with van der Waals surface area (Å²) >= 11 is 0. The normalized spacial score (nSPS) is 16.9. The van der Waals surface area contributed by atoms with E-state index in [-0.39, 0.29) is 0 Å². The van der Waals surface area contributed by atoms with Crippen LogP contribution >= 0.6 is 0 Å². The first kappa shape index (κ1) is 14.3. The molecule has 1 fully saturated rings. The van der Waals surface area contributed by atoms with Crippen LogP contribution in [0.4, 0.5) is 5.95 Å². The summed E-state index contributed by atoms with van der Waals surface area (Å²) in [6.07, 6.45) is 2.00. The van der Waals surface area contributed by atoms with Gasteiger partial charge in [-0.15, -0.1) is 0 Å². The predicted octanol–water partition coefficient (Wildman–Crippen LogP) is 0.637.